The Kier molecular flexibility index (Phi) is 5.45. The summed E-state index contributed by atoms with van der Waals surface area (Å²) in [5.41, 5.74) is 0.894. The Bertz CT molecular complexity index is 337. The number of hydrogen-bond acceptors (Lipinski definition) is 2. The van der Waals surface area contributed by atoms with Crippen LogP contribution in [0.5, 0.6) is 0 Å². The molecule has 1 amide bonds. The van der Waals surface area contributed by atoms with E-state index in [4.69, 9.17) is 4.74 Å². The molecule has 0 saturated heterocycles. The SMILES string of the molecule is CCCCC=C1C=CN(C(=O)OC(C)(C)C)CC1. The van der Waals surface area contributed by atoms with Gasteiger partial charge in [-0.15, -0.1) is 0 Å². The summed E-state index contributed by atoms with van der Waals surface area (Å²) in [5, 5.41) is 0. The van der Waals surface area contributed by atoms with Gasteiger partial charge in [-0.2, -0.15) is 0 Å². The topological polar surface area (TPSA) is 29.5 Å². The van der Waals surface area contributed by atoms with Crippen molar-refractivity contribution in [2.24, 2.45) is 0 Å². The van der Waals surface area contributed by atoms with Crippen LogP contribution >= 0.6 is 0 Å². The Morgan fingerprint density at radius 2 is 2.22 bits per heavy atom. The van der Waals surface area contributed by atoms with Crippen molar-refractivity contribution in [3.63, 3.8) is 0 Å². The molecule has 0 unspecified atom stereocenters. The minimum absolute atomic E-state index is 0.258. The average molecular weight is 251 g/mol. The van der Waals surface area contributed by atoms with Crippen LogP contribution in [0.3, 0.4) is 0 Å². The summed E-state index contributed by atoms with van der Waals surface area (Å²) in [6.07, 6.45) is 10.4. The maximum Gasteiger partial charge on any atom is 0.414 e. The van der Waals surface area contributed by atoms with Crippen LogP contribution in [0.25, 0.3) is 0 Å². The van der Waals surface area contributed by atoms with Crippen molar-refractivity contribution in [2.45, 2.75) is 59.0 Å². The predicted octanol–water partition coefficient (Wildman–Crippen LogP) is 4.26. The molecule has 0 aromatic rings. The van der Waals surface area contributed by atoms with Gasteiger partial charge in [-0.3, -0.25) is 4.90 Å². The van der Waals surface area contributed by atoms with E-state index in [-0.39, 0.29) is 6.09 Å². The second-order valence-electron chi connectivity index (χ2n) is 5.66. The Labute approximate surface area is 110 Å². The van der Waals surface area contributed by atoms with Gasteiger partial charge < -0.3 is 4.74 Å². The van der Waals surface area contributed by atoms with Crippen molar-refractivity contribution in [1.29, 1.82) is 0 Å². The summed E-state index contributed by atoms with van der Waals surface area (Å²) in [6.45, 7) is 8.56. The molecule has 0 radical (unpaired) electrons. The summed E-state index contributed by atoms with van der Waals surface area (Å²) in [4.78, 5) is 13.5. The zero-order valence-electron chi connectivity index (χ0n) is 12.0. The maximum absolute atomic E-state index is 11.8. The predicted molar refractivity (Wildman–Crippen MR) is 74.3 cm³/mol. The van der Waals surface area contributed by atoms with Gasteiger partial charge in [0.1, 0.15) is 5.60 Å². The minimum atomic E-state index is -0.428. The fraction of sp³-hybridized carbons (Fsp3) is 0.667. The largest absolute Gasteiger partial charge is 0.443 e. The number of nitrogens with zero attached hydrogens (tertiary/aromatic N) is 1. The van der Waals surface area contributed by atoms with E-state index in [9.17, 15) is 4.79 Å². The van der Waals surface area contributed by atoms with Gasteiger partial charge in [0.05, 0.1) is 0 Å². The molecule has 1 aliphatic heterocycles. The lowest BCUT2D eigenvalue weighted by molar-refractivity contribution is 0.0333. The fourth-order valence-corrected chi connectivity index (χ4v) is 1.73. The third kappa shape index (κ3) is 5.39. The normalized spacial score (nSPS) is 18.2. The van der Waals surface area contributed by atoms with Gasteiger partial charge in [-0.05, 0) is 45.3 Å². The minimum Gasteiger partial charge on any atom is -0.443 e. The first-order valence-corrected chi connectivity index (χ1v) is 6.79. The van der Waals surface area contributed by atoms with Gasteiger partial charge in [0, 0.05) is 12.7 Å². The first kappa shape index (κ1) is 14.8. The molecule has 3 heteroatoms. The molecule has 0 aromatic heterocycles. The third-order valence-corrected chi connectivity index (χ3v) is 2.70. The Hall–Kier alpha value is -1.25. The van der Waals surface area contributed by atoms with Gasteiger partial charge in [-0.1, -0.05) is 25.8 Å². The van der Waals surface area contributed by atoms with Crippen molar-refractivity contribution in [2.75, 3.05) is 6.54 Å². The van der Waals surface area contributed by atoms with E-state index in [1.165, 1.54) is 18.4 Å². The number of allylic oxidation sites excluding steroid dienone is 2. The first-order chi connectivity index (χ1) is 8.42. The van der Waals surface area contributed by atoms with Gasteiger partial charge in [0.2, 0.25) is 0 Å². The van der Waals surface area contributed by atoms with E-state index in [0.29, 0.717) is 6.54 Å². The lowest BCUT2D eigenvalue weighted by atomic mass is 10.1. The molecule has 1 aliphatic rings. The molecule has 0 aliphatic carbocycles. The number of rotatable bonds is 3. The fourth-order valence-electron chi connectivity index (χ4n) is 1.73. The van der Waals surface area contributed by atoms with E-state index in [1.807, 2.05) is 33.0 Å². The van der Waals surface area contributed by atoms with Gasteiger partial charge >= 0.3 is 6.09 Å². The first-order valence-electron chi connectivity index (χ1n) is 6.79. The molecule has 1 rings (SSSR count). The quantitative estimate of drug-likeness (QED) is 0.701. The molecule has 1 heterocycles. The number of hydrogen-bond donors (Lipinski definition) is 0. The molecule has 0 N–H and O–H groups in total. The highest BCUT2D eigenvalue weighted by molar-refractivity contribution is 5.69. The number of ether oxygens (including phenoxy) is 1. The van der Waals surface area contributed by atoms with Crippen molar-refractivity contribution in [3.05, 3.63) is 23.9 Å². The van der Waals surface area contributed by atoms with Crippen LogP contribution in [0, 0.1) is 0 Å². The van der Waals surface area contributed by atoms with Crippen LogP contribution in [0.2, 0.25) is 0 Å². The highest BCUT2D eigenvalue weighted by Crippen LogP contribution is 2.17. The molecule has 0 bridgehead atoms. The number of carbonyl (C=O) groups excluding carboxylic acids is 1. The summed E-state index contributed by atoms with van der Waals surface area (Å²) in [5.74, 6) is 0. The smallest absolute Gasteiger partial charge is 0.414 e. The Morgan fingerprint density at radius 3 is 2.72 bits per heavy atom. The standard InChI is InChI=1S/C15H25NO2/c1-5-6-7-8-13-9-11-16(12-10-13)14(17)18-15(2,3)4/h8-9,11H,5-7,10,12H2,1-4H3. The summed E-state index contributed by atoms with van der Waals surface area (Å²) >= 11 is 0. The molecule has 102 valence electrons. The highest BCUT2D eigenvalue weighted by Gasteiger charge is 2.21. The Morgan fingerprint density at radius 1 is 1.50 bits per heavy atom. The molecule has 18 heavy (non-hydrogen) atoms. The van der Waals surface area contributed by atoms with E-state index in [0.717, 1.165) is 12.8 Å². The molecule has 0 saturated carbocycles. The average Bonchev–Trinajstić information content (AvgIpc) is 2.28. The number of amides is 1. The molecule has 0 fully saturated rings. The summed E-state index contributed by atoms with van der Waals surface area (Å²) < 4.78 is 5.33. The van der Waals surface area contributed by atoms with Crippen LogP contribution in [0.15, 0.2) is 23.9 Å². The van der Waals surface area contributed by atoms with Crippen LogP contribution in [-0.4, -0.2) is 23.1 Å². The number of unbranched alkanes of at least 4 members (excludes halogenated alkanes) is 2. The lowest BCUT2D eigenvalue weighted by Crippen LogP contribution is -2.35. The summed E-state index contributed by atoms with van der Waals surface area (Å²) in [6, 6.07) is 0. The zero-order valence-corrected chi connectivity index (χ0v) is 12.0. The Balaban J connectivity index is 2.48. The van der Waals surface area contributed by atoms with Crippen molar-refractivity contribution < 1.29 is 9.53 Å². The summed E-state index contributed by atoms with van der Waals surface area (Å²) in [7, 11) is 0. The van der Waals surface area contributed by atoms with Crippen molar-refractivity contribution >= 4 is 6.09 Å². The van der Waals surface area contributed by atoms with Gasteiger partial charge in [0.15, 0.2) is 0 Å². The van der Waals surface area contributed by atoms with Gasteiger partial charge in [-0.25, -0.2) is 4.79 Å². The van der Waals surface area contributed by atoms with Crippen molar-refractivity contribution in [3.8, 4) is 0 Å². The molecule has 0 spiro atoms. The third-order valence-electron chi connectivity index (χ3n) is 2.70. The van der Waals surface area contributed by atoms with Crippen molar-refractivity contribution in [1.82, 2.24) is 4.90 Å². The highest BCUT2D eigenvalue weighted by atomic mass is 16.6. The zero-order chi connectivity index (χ0) is 13.6. The van der Waals surface area contributed by atoms with E-state index >= 15 is 0 Å². The van der Waals surface area contributed by atoms with Crippen LogP contribution < -0.4 is 0 Å². The van der Waals surface area contributed by atoms with E-state index < -0.39 is 5.60 Å². The second kappa shape index (κ2) is 6.62. The number of carbonyl (C=O) groups is 1. The lowest BCUT2D eigenvalue weighted by Gasteiger charge is -2.27. The van der Waals surface area contributed by atoms with Crippen LogP contribution in [0.1, 0.15) is 53.4 Å². The molecular weight excluding hydrogens is 226 g/mol. The van der Waals surface area contributed by atoms with E-state index in [1.54, 1.807) is 4.90 Å². The molecule has 0 aromatic carbocycles. The van der Waals surface area contributed by atoms with Gasteiger partial charge in [0.25, 0.3) is 0 Å². The molecular formula is C15H25NO2. The molecule has 0 atom stereocenters. The van der Waals surface area contributed by atoms with Crippen LogP contribution in [-0.2, 0) is 4.74 Å². The molecule has 3 nitrogen and oxygen atoms in total. The monoisotopic (exact) mass is 251 g/mol. The van der Waals surface area contributed by atoms with Crippen LogP contribution in [0.4, 0.5) is 4.79 Å². The van der Waals surface area contributed by atoms with E-state index in [2.05, 4.69) is 13.0 Å². The second-order valence-corrected chi connectivity index (χ2v) is 5.66. The maximum atomic E-state index is 11.8.